The predicted octanol–water partition coefficient (Wildman–Crippen LogP) is 1.52. The molecule has 16 heavy (non-hydrogen) atoms. The van der Waals surface area contributed by atoms with E-state index in [2.05, 4.69) is 34.1 Å². The molecule has 1 saturated heterocycles. The van der Waals surface area contributed by atoms with E-state index in [1.807, 2.05) is 6.07 Å². The van der Waals surface area contributed by atoms with Crippen LogP contribution in [0.25, 0.3) is 0 Å². The molecule has 0 aromatic carbocycles. The highest BCUT2D eigenvalue weighted by Gasteiger charge is 2.20. The molecule has 2 heterocycles. The molecule has 4 nitrogen and oxygen atoms in total. The van der Waals surface area contributed by atoms with Gasteiger partial charge >= 0.3 is 0 Å². The molecule has 0 amide bonds. The van der Waals surface area contributed by atoms with Gasteiger partial charge in [-0.3, -0.25) is 0 Å². The lowest BCUT2D eigenvalue weighted by Gasteiger charge is -2.22. The van der Waals surface area contributed by atoms with Crippen molar-refractivity contribution in [3.63, 3.8) is 0 Å². The highest BCUT2D eigenvalue weighted by molar-refractivity contribution is 6.29. The van der Waals surface area contributed by atoms with Crippen LogP contribution < -0.4 is 4.90 Å². The second-order valence-electron chi connectivity index (χ2n) is 4.53. The average Bonchev–Trinajstić information content (AvgIpc) is 2.64. The summed E-state index contributed by atoms with van der Waals surface area (Å²) in [5.41, 5.74) is 1.04. The Kier molecular flexibility index (Phi) is 3.61. The van der Waals surface area contributed by atoms with Crippen LogP contribution in [-0.4, -0.2) is 48.8 Å². The number of hydrogen-bond donors (Lipinski definition) is 0. The first-order valence-corrected chi connectivity index (χ1v) is 5.91. The van der Waals surface area contributed by atoms with Gasteiger partial charge < -0.3 is 9.80 Å². The number of likely N-dealkylation sites (tertiary alicyclic amines) is 1. The maximum atomic E-state index is 5.82. The lowest BCUT2D eigenvalue weighted by atomic mass is 10.1. The smallest absolute Gasteiger partial charge is 0.153 e. The van der Waals surface area contributed by atoms with Crippen LogP contribution in [0.1, 0.15) is 6.42 Å². The monoisotopic (exact) mass is 240 g/mol. The Balaban J connectivity index is 1.95. The first-order chi connectivity index (χ1) is 7.65. The molecule has 1 unspecified atom stereocenters. The Morgan fingerprint density at radius 1 is 1.62 bits per heavy atom. The summed E-state index contributed by atoms with van der Waals surface area (Å²) in [5.74, 6) is 0.738. The first-order valence-electron chi connectivity index (χ1n) is 5.53. The van der Waals surface area contributed by atoms with Crippen molar-refractivity contribution in [1.82, 2.24) is 15.1 Å². The fraction of sp³-hybridized carbons (Fsp3) is 0.636. The molecule has 0 N–H and O–H groups in total. The van der Waals surface area contributed by atoms with Gasteiger partial charge in [-0.2, -0.15) is 5.10 Å². The minimum atomic E-state index is 0.452. The van der Waals surface area contributed by atoms with E-state index in [4.69, 9.17) is 11.6 Å². The van der Waals surface area contributed by atoms with Gasteiger partial charge in [-0.05, 0) is 25.9 Å². The van der Waals surface area contributed by atoms with Gasteiger partial charge in [0.15, 0.2) is 5.15 Å². The fourth-order valence-electron chi connectivity index (χ4n) is 2.21. The zero-order valence-corrected chi connectivity index (χ0v) is 10.5. The number of aromatic nitrogens is 2. The van der Waals surface area contributed by atoms with Gasteiger partial charge in [-0.25, -0.2) is 0 Å². The van der Waals surface area contributed by atoms with Crippen molar-refractivity contribution in [2.45, 2.75) is 6.42 Å². The highest BCUT2D eigenvalue weighted by atomic mass is 35.5. The lowest BCUT2D eigenvalue weighted by molar-refractivity contribution is 0.396. The van der Waals surface area contributed by atoms with E-state index in [1.165, 1.54) is 19.5 Å². The fourth-order valence-corrected chi connectivity index (χ4v) is 2.36. The van der Waals surface area contributed by atoms with Gasteiger partial charge in [0.05, 0.1) is 11.9 Å². The molecule has 1 atom stereocenters. The third-order valence-electron chi connectivity index (χ3n) is 3.07. The van der Waals surface area contributed by atoms with E-state index in [0.717, 1.165) is 18.2 Å². The van der Waals surface area contributed by atoms with E-state index < -0.39 is 0 Å². The maximum Gasteiger partial charge on any atom is 0.153 e. The van der Waals surface area contributed by atoms with Crippen LogP contribution in [0.3, 0.4) is 0 Å². The van der Waals surface area contributed by atoms with Crippen molar-refractivity contribution < 1.29 is 0 Å². The SMILES string of the molecule is CN1CCC(CN(C)c2cnnc(Cl)c2)C1. The summed E-state index contributed by atoms with van der Waals surface area (Å²) in [6, 6.07) is 1.85. The van der Waals surface area contributed by atoms with Gasteiger partial charge in [0.25, 0.3) is 0 Å². The largest absolute Gasteiger partial charge is 0.373 e. The molecule has 0 aliphatic carbocycles. The summed E-state index contributed by atoms with van der Waals surface area (Å²) in [4.78, 5) is 4.57. The molecule has 88 valence electrons. The van der Waals surface area contributed by atoms with Crippen LogP contribution in [0, 0.1) is 5.92 Å². The summed E-state index contributed by atoms with van der Waals surface area (Å²) >= 11 is 5.82. The van der Waals surface area contributed by atoms with Crippen molar-refractivity contribution in [1.29, 1.82) is 0 Å². The number of hydrogen-bond acceptors (Lipinski definition) is 4. The lowest BCUT2D eigenvalue weighted by Crippen LogP contribution is -2.27. The van der Waals surface area contributed by atoms with E-state index in [0.29, 0.717) is 5.15 Å². The van der Waals surface area contributed by atoms with Crippen LogP contribution in [0.15, 0.2) is 12.3 Å². The van der Waals surface area contributed by atoms with Crippen LogP contribution in [0.5, 0.6) is 0 Å². The molecule has 1 fully saturated rings. The number of halogens is 1. The molecular formula is C11H17ClN4. The summed E-state index contributed by atoms with van der Waals surface area (Å²) in [6.07, 6.45) is 3.03. The number of nitrogens with zero attached hydrogens (tertiary/aromatic N) is 4. The average molecular weight is 241 g/mol. The molecule has 0 spiro atoms. The number of rotatable bonds is 3. The molecule has 5 heteroatoms. The van der Waals surface area contributed by atoms with Crippen LogP contribution in [0.4, 0.5) is 5.69 Å². The van der Waals surface area contributed by atoms with E-state index in [-0.39, 0.29) is 0 Å². The minimum Gasteiger partial charge on any atom is -0.373 e. The normalized spacial score (nSPS) is 21.3. The van der Waals surface area contributed by atoms with Gasteiger partial charge in [0, 0.05) is 26.2 Å². The van der Waals surface area contributed by atoms with E-state index >= 15 is 0 Å². The molecule has 0 radical (unpaired) electrons. The second kappa shape index (κ2) is 4.97. The third-order valence-corrected chi connectivity index (χ3v) is 3.26. The van der Waals surface area contributed by atoms with Crippen LogP contribution in [-0.2, 0) is 0 Å². The van der Waals surface area contributed by atoms with E-state index in [1.54, 1.807) is 6.20 Å². The van der Waals surface area contributed by atoms with Crippen molar-refractivity contribution >= 4 is 17.3 Å². The molecule has 2 rings (SSSR count). The third kappa shape index (κ3) is 2.83. The standard InChI is InChI=1S/C11H17ClN4/c1-15-4-3-9(7-15)8-16(2)10-5-11(12)14-13-6-10/h5-6,9H,3-4,7-8H2,1-2H3. The summed E-state index contributed by atoms with van der Waals surface area (Å²) in [5, 5.41) is 8.06. The van der Waals surface area contributed by atoms with Crippen molar-refractivity contribution in [3.05, 3.63) is 17.4 Å². The Hall–Kier alpha value is -0.870. The molecule has 1 aromatic rings. The van der Waals surface area contributed by atoms with Crippen LogP contribution >= 0.6 is 11.6 Å². The second-order valence-corrected chi connectivity index (χ2v) is 4.92. The summed E-state index contributed by atoms with van der Waals surface area (Å²) in [7, 11) is 4.25. The Labute approximate surface area is 101 Å². The van der Waals surface area contributed by atoms with Crippen LogP contribution in [0.2, 0.25) is 5.15 Å². The first kappa shape index (κ1) is 11.6. The molecule has 1 aliphatic rings. The zero-order valence-electron chi connectivity index (χ0n) is 9.73. The van der Waals surface area contributed by atoms with Crippen molar-refractivity contribution in [2.75, 3.05) is 38.6 Å². The molecule has 1 aliphatic heterocycles. The summed E-state index contributed by atoms with van der Waals surface area (Å²) in [6.45, 7) is 3.43. The Morgan fingerprint density at radius 2 is 2.44 bits per heavy atom. The molecule has 0 saturated carbocycles. The molecule has 1 aromatic heterocycles. The van der Waals surface area contributed by atoms with Crippen molar-refractivity contribution in [2.24, 2.45) is 5.92 Å². The zero-order chi connectivity index (χ0) is 11.5. The topological polar surface area (TPSA) is 32.3 Å². The van der Waals surface area contributed by atoms with E-state index in [9.17, 15) is 0 Å². The molecular weight excluding hydrogens is 224 g/mol. The van der Waals surface area contributed by atoms with Gasteiger partial charge in [0.2, 0.25) is 0 Å². The number of anilines is 1. The van der Waals surface area contributed by atoms with Gasteiger partial charge in [-0.1, -0.05) is 11.6 Å². The minimum absolute atomic E-state index is 0.452. The van der Waals surface area contributed by atoms with Gasteiger partial charge in [0.1, 0.15) is 0 Å². The molecule has 0 bridgehead atoms. The highest BCUT2D eigenvalue weighted by Crippen LogP contribution is 2.20. The predicted molar refractivity (Wildman–Crippen MR) is 65.9 cm³/mol. The van der Waals surface area contributed by atoms with Crippen molar-refractivity contribution in [3.8, 4) is 0 Å². The Bertz CT molecular complexity index is 358. The van der Waals surface area contributed by atoms with Gasteiger partial charge in [-0.15, -0.1) is 5.10 Å². The summed E-state index contributed by atoms with van der Waals surface area (Å²) < 4.78 is 0. The maximum absolute atomic E-state index is 5.82. The quantitative estimate of drug-likeness (QED) is 0.802. The Morgan fingerprint density at radius 3 is 3.06 bits per heavy atom.